The zero-order chi connectivity index (χ0) is 16.1. The zero-order valence-corrected chi connectivity index (χ0v) is 13.1. The molecule has 0 aliphatic carbocycles. The molecular weight excluding hydrogens is 291 g/mol. The molecule has 1 saturated heterocycles. The molecule has 1 amide bonds. The van der Waals surface area contributed by atoms with Crippen molar-refractivity contribution in [3.63, 3.8) is 0 Å². The second kappa shape index (κ2) is 7.27. The molecule has 4 heteroatoms. The molecule has 1 heterocycles. The van der Waals surface area contributed by atoms with Gasteiger partial charge in [-0.3, -0.25) is 4.79 Å². The maximum atomic E-state index is 13.6. The van der Waals surface area contributed by atoms with Crippen LogP contribution in [0.3, 0.4) is 0 Å². The minimum atomic E-state index is -0.327. The topological polar surface area (TPSA) is 32.3 Å². The van der Waals surface area contributed by atoms with Crippen LogP contribution >= 0.6 is 0 Å². The molecule has 1 N–H and O–H groups in total. The van der Waals surface area contributed by atoms with E-state index in [0.29, 0.717) is 18.5 Å². The lowest BCUT2D eigenvalue weighted by molar-refractivity contribution is -0.116. The third kappa shape index (κ3) is 4.09. The number of benzene rings is 2. The Morgan fingerprint density at radius 1 is 1.09 bits per heavy atom. The van der Waals surface area contributed by atoms with Crippen molar-refractivity contribution >= 4 is 17.3 Å². The van der Waals surface area contributed by atoms with Crippen molar-refractivity contribution in [2.24, 2.45) is 0 Å². The molecule has 1 fully saturated rings. The molecule has 2 aromatic rings. The summed E-state index contributed by atoms with van der Waals surface area (Å²) in [6.45, 7) is 1.91. The van der Waals surface area contributed by atoms with Gasteiger partial charge in [0.2, 0.25) is 5.91 Å². The first-order valence-electron chi connectivity index (χ1n) is 8.10. The summed E-state index contributed by atoms with van der Waals surface area (Å²) in [5.41, 5.74) is 2.61. The molecule has 0 atom stereocenters. The van der Waals surface area contributed by atoms with Gasteiger partial charge in [0.15, 0.2) is 0 Å². The molecule has 0 radical (unpaired) electrons. The van der Waals surface area contributed by atoms with Crippen LogP contribution in [0.5, 0.6) is 0 Å². The van der Waals surface area contributed by atoms with Crippen LogP contribution < -0.4 is 10.2 Å². The highest BCUT2D eigenvalue weighted by Crippen LogP contribution is 2.29. The number of anilines is 2. The van der Waals surface area contributed by atoms with E-state index in [0.717, 1.165) is 37.2 Å². The van der Waals surface area contributed by atoms with Gasteiger partial charge in [-0.25, -0.2) is 4.39 Å². The van der Waals surface area contributed by atoms with Crippen LogP contribution in [-0.2, 0) is 11.2 Å². The van der Waals surface area contributed by atoms with Gasteiger partial charge in [-0.15, -0.1) is 0 Å². The Bertz CT molecular complexity index is 666. The lowest BCUT2D eigenvalue weighted by atomic mass is 10.1. The maximum absolute atomic E-state index is 13.6. The minimum Gasteiger partial charge on any atom is -0.370 e. The SMILES string of the molecule is O=C(CCc1ccccc1)Nc1cc(F)ccc1N1CCCC1. The predicted molar refractivity (Wildman–Crippen MR) is 91.2 cm³/mol. The van der Waals surface area contributed by atoms with E-state index in [4.69, 9.17) is 0 Å². The molecular formula is C19H21FN2O. The van der Waals surface area contributed by atoms with Crippen LogP contribution in [0.2, 0.25) is 0 Å². The Labute approximate surface area is 136 Å². The van der Waals surface area contributed by atoms with Gasteiger partial charge in [-0.05, 0) is 43.0 Å². The lowest BCUT2D eigenvalue weighted by Crippen LogP contribution is -2.21. The quantitative estimate of drug-likeness (QED) is 0.905. The van der Waals surface area contributed by atoms with Crippen molar-refractivity contribution in [1.82, 2.24) is 0 Å². The molecule has 120 valence electrons. The minimum absolute atomic E-state index is 0.0834. The summed E-state index contributed by atoms with van der Waals surface area (Å²) in [5.74, 6) is -0.411. The van der Waals surface area contributed by atoms with Gasteiger partial charge in [0.1, 0.15) is 5.82 Å². The second-order valence-corrected chi connectivity index (χ2v) is 5.89. The van der Waals surface area contributed by atoms with Crippen LogP contribution in [-0.4, -0.2) is 19.0 Å². The lowest BCUT2D eigenvalue weighted by Gasteiger charge is -2.21. The molecule has 23 heavy (non-hydrogen) atoms. The average molecular weight is 312 g/mol. The van der Waals surface area contributed by atoms with E-state index in [1.54, 1.807) is 6.07 Å². The number of rotatable bonds is 5. The first-order chi connectivity index (χ1) is 11.2. The van der Waals surface area contributed by atoms with Crippen LogP contribution in [0.25, 0.3) is 0 Å². The zero-order valence-electron chi connectivity index (χ0n) is 13.1. The Kier molecular flexibility index (Phi) is 4.91. The number of carbonyl (C=O) groups excluding carboxylic acids is 1. The van der Waals surface area contributed by atoms with Gasteiger partial charge in [0.05, 0.1) is 11.4 Å². The van der Waals surface area contributed by atoms with E-state index >= 15 is 0 Å². The molecule has 0 bridgehead atoms. The van der Waals surface area contributed by atoms with Crippen molar-refractivity contribution in [3.05, 3.63) is 59.9 Å². The van der Waals surface area contributed by atoms with E-state index in [-0.39, 0.29) is 11.7 Å². The van der Waals surface area contributed by atoms with Crippen molar-refractivity contribution in [2.45, 2.75) is 25.7 Å². The summed E-state index contributed by atoms with van der Waals surface area (Å²) in [6.07, 6.45) is 3.35. The number of hydrogen-bond donors (Lipinski definition) is 1. The van der Waals surface area contributed by atoms with Crippen molar-refractivity contribution in [1.29, 1.82) is 0 Å². The van der Waals surface area contributed by atoms with Crippen molar-refractivity contribution in [3.8, 4) is 0 Å². The smallest absolute Gasteiger partial charge is 0.224 e. The van der Waals surface area contributed by atoms with Crippen molar-refractivity contribution < 1.29 is 9.18 Å². The Morgan fingerprint density at radius 3 is 2.57 bits per heavy atom. The molecule has 0 saturated carbocycles. The summed E-state index contributed by atoms with van der Waals surface area (Å²) >= 11 is 0. The van der Waals surface area contributed by atoms with Gasteiger partial charge in [-0.1, -0.05) is 30.3 Å². The predicted octanol–water partition coefficient (Wildman–Crippen LogP) is 4.00. The molecule has 0 aromatic heterocycles. The van der Waals surface area contributed by atoms with Gasteiger partial charge in [0, 0.05) is 19.5 Å². The Balaban J connectivity index is 1.66. The molecule has 3 rings (SSSR count). The summed E-state index contributed by atoms with van der Waals surface area (Å²) in [7, 11) is 0. The van der Waals surface area contributed by atoms with E-state index in [1.165, 1.54) is 12.1 Å². The highest BCUT2D eigenvalue weighted by molar-refractivity contribution is 5.94. The third-order valence-electron chi connectivity index (χ3n) is 4.16. The number of hydrogen-bond acceptors (Lipinski definition) is 2. The average Bonchev–Trinajstić information content (AvgIpc) is 3.08. The molecule has 3 nitrogen and oxygen atoms in total. The number of carbonyl (C=O) groups is 1. The molecule has 0 spiro atoms. The highest BCUT2D eigenvalue weighted by Gasteiger charge is 2.17. The first-order valence-corrected chi connectivity index (χ1v) is 8.10. The fourth-order valence-corrected chi connectivity index (χ4v) is 2.96. The third-order valence-corrected chi connectivity index (χ3v) is 4.16. The summed E-state index contributed by atoms with van der Waals surface area (Å²) in [5, 5.41) is 2.88. The number of nitrogens with zero attached hydrogens (tertiary/aromatic N) is 1. The summed E-state index contributed by atoms with van der Waals surface area (Å²) < 4.78 is 13.6. The fourth-order valence-electron chi connectivity index (χ4n) is 2.96. The number of halogens is 1. The van der Waals surface area contributed by atoms with Crippen LogP contribution in [0.1, 0.15) is 24.8 Å². The Hall–Kier alpha value is -2.36. The highest BCUT2D eigenvalue weighted by atomic mass is 19.1. The monoisotopic (exact) mass is 312 g/mol. The Morgan fingerprint density at radius 2 is 1.83 bits per heavy atom. The van der Waals surface area contributed by atoms with Crippen LogP contribution in [0.4, 0.5) is 15.8 Å². The van der Waals surface area contributed by atoms with E-state index < -0.39 is 0 Å². The molecule has 1 aliphatic rings. The molecule has 0 unspecified atom stereocenters. The van der Waals surface area contributed by atoms with E-state index in [1.807, 2.05) is 30.3 Å². The largest absolute Gasteiger partial charge is 0.370 e. The van der Waals surface area contributed by atoms with Gasteiger partial charge < -0.3 is 10.2 Å². The summed E-state index contributed by atoms with van der Waals surface area (Å²) in [6, 6.07) is 14.5. The number of amides is 1. The van der Waals surface area contributed by atoms with E-state index in [2.05, 4.69) is 10.2 Å². The maximum Gasteiger partial charge on any atom is 0.224 e. The standard InChI is InChI=1S/C19H21FN2O/c20-16-9-10-18(22-12-4-5-13-22)17(14-16)21-19(23)11-8-15-6-2-1-3-7-15/h1-3,6-7,9-10,14H,4-5,8,11-13H2,(H,21,23). The van der Waals surface area contributed by atoms with Crippen LogP contribution in [0, 0.1) is 5.82 Å². The molecule has 1 aliphatic heterocycles. The normalized spacial score (nSPS) is 14.0. The van der Waals surface area contributed by atoms with E-state index in [9.17, 15) is 9.18 Å². The van der Waals surface area contributed by atoms with Gasteiger partial charge >= 0.3 is 0 Å². The second-order valence-electron chi connectivity index (χ2n) is 5.89. The number of nitrogens with one attached hydrogen (secondary N) is 1. The number of aryl methyl sites for hydroxylation is 1. The van der Waals surface area contributed by atoms with Crippen LogP contribution in [0.15, 0.2) is 48.5 Å². The summed E-state index contributed by atoms with van der Waals surface area (Å²) in [4.78, 5) is 14.4. The van der Waals surface area contributed by atoms with Gasteiger partial charge in [-0.2, -0.15) is 0 Å². The first kappa shape index (κ1) is 15.5. The molecule has 2 aromatic carbocycles. The fraction of sp³-hybridized carbons (Fsp3) is 0.316. The van der Waals surface area contributed by atoms with Crippen molar-refractivity contribution in [2.75, 3.05) is 23.3 Å². The van der Waals surface area contributed by atoms with Gasteiger partial charge in [0.25, 0.3) is 0 Å².